The van der Waals surface area contributed by atoms with Crippen LogP contribution in [0.25, 0.3) is 6.08 Å². The fourth-order valence-corrected chi connectivity index (χ4v) is 4.01. The van der Waals surface area contributed by atoms with Crippen molar-refractivity contribution in [2.75, 3.05) is 13.2 Å². The van der Waals surface area contributed by atoms with E-state index in [4.69, 9.17) is 38.1 Å². The molecule has 2 aromatic rings. The van der Waals surface area contributed by atoms with Crippen LogP contribution in [0.3, 0.4) is 0 Å². The molecule has 0 fully saturated rings. The summed E-state index contributed by atoms with van der Waals surface area (Å²) >= 11 is 13.7. The SMILES string of the molecule is Cc1cc(OCCOc2ccc(/C=C3\C(=N)N4C=CSC4=NC3=O)cc2Cl)ccc1Cl. The fraction of sp³-hybridized carbons (Fsp3) is 0.136. The van der Waals surface area contributed by atoms with Crippen LogP contribution in [0, 0.1) is 12.3 Å². The van der Waals surface area contributed by atoms with Gasteiger partial charge in [-0.3, -0.25) is 15.1 Å². The predicted molar refractivity (Wildman–Crippen MR) is 125 cm³/mol. The monoisotopic (exact) mass is 473 g/mol. The number of carbonyl (C=O) groups excluding carboxylic acids is 1. The minimum Gasteiger partial charge on any atom is -0.490 e. The van der Waals surface area contributed by atoms with Crippen molar-refractivity contribution in [3.8, 4) is 11.5 Å². The number of nitrogens with zero attached hydrogens (tertiary/aromatic N) is 2. The summed E-state index contributed by atoms with van der Waals surface area (Å²) in [6, 6.07) is 10.6. The average Bonchev–Trinajstić information content (AvgIpc) is 3.21. The van der Waals surface area contributed by atoms with Crippen molar-refractivity contribution in [2.45, 2.75) is 6.92 Å². The van der Waals surface area contributed by atoms with Crippen LogP contribution in [0.15, 0.2) is 58.6 Å². The Hall–Kier alpha value is -2.74. The number of halogens is 2. The lowest BCUT2D eigenvalue weighted by Gasteiger charge is -2.22. The lowest BCUT2D eigenvalue weighted by molar-refractivity contribution is -0.114. The van der Waals surface area contributed by atoms with E-state index in [1.54, 1.807) is 52.9 Å². The standard InChI is InChI=1S/C22H17Cl2N3O3S/c1-13-10-15(3-4-17(13)23)29-7-8-30-19-5-2-14(12-18(19)24)11-16-20(25)27-6-9-31-22(27)26-21(16)28/h2-6,9-12,25H,7-8H2,1H3/b16-11+,25-20?. The largest absolute Gasteiger partial charge is 0.490 e. The summed E-state index contributed by atoms with van der Waals surface area (Å²) < 4.78 is 11.4. The van der Waals surface area contributed by atoms with Crippen LogP contribution in [0.4, 0.5) is 0 Å². The maximum atomic E-state index is 12.3. The molecule has 6 nitrogen and oxygen atoms in total. The Morgan fingerprint density at radius 3 is 2.71 bits per heavy atom. The van der Waals surface area contributed by atoms with Crippen molar-refractivity contribution >= 4 is 58.0 Å². The number of amidine groups is 2. The molecule has 9 heteroatoms. The highest BCUT2D eigenvalue weighted by Crippen LogP contribution is 2.30. The number of thioether (sulfide) groups is 1. The Kier molecular flexibility index (Phi) is 6.36. The van der Waals surface area contributed by atoms with Gasteiger partial charge in [-0.2, -0.15) is 4.99 Å². The Balaban J connectivity index is 1.38. The van der Waals surface area contributed by atoms with E-state index in [0.717, 1.165) is 11.3 Å². The van der Waals surface area contributed by atoms with Crippen LogP contribution in [0.5, 0.6) is 11.5 Å². The Labute approximate surface area is 193 Å². The molecular weight excluding hydrogens is 457 g/mol. The summed E-state index contributed by atoms with van der Waals surface area (Å²) in [6.45, 7) is 2.56. The first-order valence-electron chi connectivity index (χ1n) is 9.30. The molecule has 2 aromatic carbocycles. The molecule has 2 aliphatic heterocycles. The number of nitrogens with one attached hydrogen (secondary N) is 1. The van der Waals surface area contributed by atoms with Gasteiger partial charge < -0.3 is 9.47 Å². The second kappa shape index (κ2) is 9.18. The molecule has 0 bridgehead atoms. The third kappa shape index (κ3) is 4.79. The van der Waals surface area contributed by atoms with Crippen LogP contribution >= 0.6 is 35.0 Å². The van der Waals surface area contributed by atoms with Crippen LogP contribution in [0.1, 0.15) is 11.1 Å². The van der Waals surface area contributed by atoms with Crippen molar-refractivity contribution in [2.24, 2.45) is 4.99 Å². The second-order valence-corrected chi connectivity index (χ2v) is 8.36. The van der Waals surface area contributed by atoms with Gasteiger partial charge in [0, 0.05) is 11.2 Å². The van der Waals surface area contributed by atoms with E-state index in [-0.39, 0.29) is 11.4 Å². The quantitative estimate of drug-likeness (QED) is 0.440. The Bertz CT molecular complexity index is 1160. The molecule has 158 valence electrons. The van der Waals surface area contributed by atoms with Crippen molar-refractivity contribution in [1.82, 2.24) is 4.90 Å². The zero-order chi connectivity index (χ0) is 22.0. The maximum Gasteiger partial charge on any atom is 0.283 e. The molecule has 1 amide bonds. The number of rotatable bonds is 6. The number of aryl methyl sites for hydroxylation is 1. The number of ether oxygens (including phenoxy) is 2. The van der Waals surface area contributed by atoms with E-state index in [9.17, 15) is 4.79 Å². The first kappa shape index (κ1) is 21.5. The predicted octanol–water partition coefficient (Wildman–Crippen LogP) is 5.54. The second-order valence-electron chi connectivity index (χ2n) is 6.68. The van der Waals surface area contributed by atoms with Gasteiger partial charge in [0.1, 0.15) is 30.5 Å². The van der Waals surface area contributed by atoms with Gasteiger partial charge in [0.15, 0.2) is 5.17 Å². The molecule has 0 spiro atoms. The fourth-order valence-electron chi connectivity index (χ4n) is 2.94. The van der Waals surface area contributed by atoms with Gasteiger partial charge in [-0.15, -0.1) is 0 Å². The first-order valence-corrected chi connectivity index (χ1v) is 10.9. The molecule has 0 saturated heterocycles. The van der Waals surface area contributed by atoms with Crippen LogP contribution < -0.4 is 9.47 Å². The highest BCUT2D eigenvalue weighted by atomic mass is 35.5. The lowest BCUT2D eigenvalue weighted by atomic mass is 10.1. The molecule has 2 aliphatic rings. The number of benzene rings is 2. The molecule has 0 radical (unpaired) electrons. The van der Waals surface area contributed by atoms with Gasteiger partial charge in [-0.05, 0) is 59.9 Å². The van der Waals surface area contributed by atoms with Crippen molar-refractivity contribution < 1.29 is 14.3 Å². The summed E-state index contributed by atoms with van der Waals surface area (Å²) in [4.78, 5) is 17.9. The zero-order valence-electron chi connectivity index (χ0n) is 16.4. The molecule has 0 aliphatic carbocycles. The summed E-state index contributed by atoms with van der Waals surface area (Å²) in [5.41, 5.74) is 1.82. The van der Waals surface area contributed by atoms with Gasteiger partial charge in [-0.1, -0.05) is 41.0 Å². The number of amides is 1. The van der Waals surface area contributed by atoms with Gasteiger partial charge in [-0.25, -0.2) is 0 Å². The van der Waals surface area contributed by atoms with Gasteiger partial charge in [0.05, 0.1) is 10.6 Å². The Morgan fingerprint density at radius 2 is 1.94 bits per heavy atom. The third-order valence-electron chi connectivity index (χ3n) is 4.52. The maximum absolute atomic E-state index is 12.3. The number of carbonyl (C=O) groups is 1. The van der Waals surface area contributed by atoms with Crippen molar-refractivity contribution in [1.29, 1.82) is 5.41 Å². The van der Waals surface area contributed by atoms with E-state index < -0.39 is 5.91 Å². The molecule has 4 rings (SSSR count). The minimum absolute atomic E-state index is 0.0854. The molecule has 2 heterocycles. The van der Waals surface area contributed by atoms with Crippen molar-refractivity contribution in [3.63, 3.8) is 0 Å². The number of hydrogen-bond acceptors (Lipinski definition) is 5. The molecule has 0 saturated carbocycles. The van der Waals surface area contributed by atoms with E-state index >= 15 is 0 Å². The molecule has 0 aromatic heterocycles. The number of hydrogen-bond donors (Lipinski definition) is 1. The van der Waals surface area contributed by atoms with Crippen LogP contribution in [0.2, 0.25) is 10.0 Å². The molecule has 1 N–H and O–H groups in total. The third-order valence-corrected chi connectivity index (χ3v) is 6.00. The van der Waals surface area contributed by atoms with Gasteiger partial charge in [0.25, 0.3) is 5.91 Å². The van der Waals surface area contributed by atoms with Crippen LogP contribution in [-0.4, -0.2) is 35.0 Å². The smallest absolute Gasteiger partial charge is 0.283 e. The lowest BCUT2D eigenvalue weighted by Crippen LogP contribution is -2.35. The Morgan fingerprint density at radius 1 is 1.13 bits per heavy atom. The topological polar surface area (TPSA) is 75.0 Å². The molecule has 0 atom stereocenters. The van der Waals surface area contributed by atoms with Crippen LogP contribution in [-0.2, 0) is 4.79 Å². The van der Waals surface area contributed by atoms with E-state index in [1.165, 1.54) is 11.8 Å². The number of aliphatic imine (C=N–C) groups is 1. The molecule has 0 unspecified atom stereocenters. The zero-order valence-corrected chi connectivity index (χ0v) is 18.7. The van der Waals surface area contributed by atoms with E-state index in [0.29, 0.717) is 39.7 Å². The first-order chi connectivity index (χ1) is 14.9. The highest BCUT2D eigenvalue weighted by Gasteiger charge is 2.31. The molecular formula is C22H17Cl2N3O3S. The van der Waals surface area contributed by atoms with Gasteiger partial charge in [0.2, 0.25) is 0 Å². The number of fused-ring (bicyclic) bond motifs is 1. The summed E-state index contributed by atoms with van der Waals surface area (Å²) in [7, 11) is 0. The summed E-state index contributed by atoms with van der Waals surface area (Å²) in [5, 5.41) is 11.6. The highest BCUT2D eigenvalue weighted by molar-refractivity contribution is 8.16. The van der Waals surface area contributed by atoms with Crippen molar-refractivity contribution in [3.05, 3.63) is 74.8 Å². The summed E-state index contributed by atoms with van der Waals surface area (Å²) in [6.07, 6.45) is 3.31. The summed E-state index contributed by atoms with van der Waals surface area (Å²) in [5.74, 6) is 0.861. The average molecular weight is 474 g/mol. The van der Waals surface area contributed by atoms with E-state index in [1.807, 2.05) is 13.0 Å². The van der Waals surface area contributed by atoms with Gasteiger partial charge >= 0.3 is 0 Å². The normalized spacial score (nSPS) is 16.5. The minimum atomic E-state index is -0.446. The van der Waals surface area contributed by atoms with E-state index in [2.05, 4.69) is 4.99 Å². The molecule has 31 heavy (non-hydrogen) atoms.